The number of aromatic nitrogens is 3. The lowest BCUT2D eigenvalue weighted by atomic mass is 10.0. The van der Waals surface area contributed by atoms with Gasteiger partial charge in [0.25, 0.3) is 0 Å². The molecule has 10 rings (SSSR count). The zero-order chi connectivity index (χ0) is 37.4. The van der Waals surface area contributed by atoms with Crippen LogP contribution in [0.2, 0.25) is 0 Å². The van der Waals surface area contributed by atoms with E-state index in [-0.39, 0.29) is 6.54 Å². The molecule has 2 N–H and O–H groups in total. The van der Waals surface area contributed by atoms with E-state index in [1.807, 2.05) is 103 Å². The number of fused-ring (bicyclic) bond motifs is 6. The molecule has 0 spiro atoms. The maximum Gasteiger partial charge on any atom is 0.177 e. The molecule has 0 bridgehead atoms. The number of hydrogen-bond donors (Lipinski definition) is 1. The molecule has 0 unspecified atom stereocenters. The van der Waals surface area contributed by atoms with Gasteiger partial charge in [-0.25, -0.2) is 9.97 Å². The maximum atomic E-state index is 6.63. The van der Waals surface area contributed by atoms with Crippen molar-refractivity contribution in [2.45, 2.75) is 6.54 Å². The summed E-state index contributed by atoms with van der Waals surface area (Å²) >= 11 is 0. The van der Waals surface area contributed by atoms with Crippen molar-refractivity contribution in [3.63, 3.8) is 0 Å². The average Bonchev–Trinajstić information content (AvgIpc) is 3.81. The number of nitrogens with two attached hydrogens (primary N) is 1. The molecule has 0 fully saturated rings. The summed E-state index contributed by atoms with van der Waals surface area (Å²) in [5.74, 6) is 0.618. The maximum absolute atomic E-state index is 6.63. The fraction of sp³-hybridized carbons (Fsp3) is 0.0200. The van der Waals surface area contributed by atoms with Gasteiger partial charge in [0.15, 0.2) is 11.4 Å². The van der Waals surface area contributed by atoms with Gasteiger partial charge >= 0.3 is 0 Å². The Morgan fingerprint density at radius 2 is 1.18 bits per heavy atom. The fourth-order valence-electron chi connectivity index (χ4n) is 7.56. The first-order valence-corrected chi connectivity index (χ1v) is 18.7. The topological polar surface area (TPSA) is 82.2 Å². The Kier molecular flexibility index (Phi) is 8.26. The molecule has 56 heavy (non-hydrogen) atoms. The van der Waals surface area contributed by atoms with Crippen molar-refractivity contribution in [1.82, 2.24) is 14.5 Å². The summed E-state index contributed by atoms with van der Waals surface area (Å²) in [6.07, 6.45) is 1.93. The van der Waals surface area contributed by atoms with E-state index < -0.39 is 0 Å². The largest absolute Gasteiger partial charge is 0.452 e. The molecule has 3 heterocycles. The second-order valence-corrected chi connectivity index (χ2v) is 13.8. The molecular formula is C50H35N5O. The standard InChI is InChI=1S/C50H35N5O/c51-42(33-15-5-1-6-16-33)31-43(34-17-7-2-8-18-34)52-32-44-49-48(54-50(53-44)35-19-9-3-10-20-35)41-30-37(26-28-47(41)56-49)36-25-27-46-40(29-36)39-23-13-14-24-45(39)55(46)38-21-11-4-12-22-38/h1-31H,32,51H2/b42-31-,52-43?. The van der Waals surface area contributed by atoms with Crippen LogP contribution in [0.15, 0.2) is 197 Å². The summed E-state index contributed by atoms with van der Waals surface area (Å²) in [5, 5.41) is 3.33. The zero-order valence-electron chi connectivity index (χ0n) is 30.4. The van der Waals surface area contributed by atoms with Gasteiger partial charge in [-0.2, -0.15) is 0 Å². The van der Waals surface area contributed by atoms with Gasteiger partial charge in [0.05, 0.1) is 23.3 Å². The number of benzene rings is 7. The van der Waals surface area contributed by atoms with Crippen molar-refractivity contribution in [1.29, 1.82) is 0 Å². The van der Waals surface area contributed by atoms with E-state index in [1.54, 1.807) is 0 Å². The molecular weight excluding hydrogens is 687 g/mol. The molecule has 6 heteroatoms. The SMILES string of the molecule is N/C(=C\C(=NCc1nc(-c2ccccc2)nc2c1oc1ccc(-c3ccc4c(c3)c3ccccc3n4-c3ccccc3)cc12)c1ccccc1)c1ccccc1. The van der Waals surface area contributed by atoms with Gasteiger partial charge in [0.1, 0.15) is 16.8 Å². The predicted molar refractivity (Wildman–Crippen MR) is 230 cm³/mol. The van der Waals surface area contributed by atoms with Crippen LogP contribution in [0.25, 0.3) is 77.8 Å². The molecule has 0 aliphatic rings. The monoisotopic (exact) mass is 721 g/mol. The fourth-order valence-corrected chi connectivity index (χ4v) is 7.56. The minimum absolute atomic E-state index is 0.260. The molecule has 3 aromatic heterocycles. The first kappa shape index (κ1) is 33.0. The lowest BCUT2D eigenvalue weighted by Gasteiger charge is -2.08. The Balaban J connectivity index is 1.11. The van der Waals surface area contributed by atoms with Crippen molar-refractivity contribution in [3.8, 4) is 28.2 Å². The van der Waals surface area contributed by atoms with Gasteiger partial charge in [0, 0.05) is 33.1 Å². The quantitative estimate of drug-likeness (QED) is 0.158. The van der Waals surface area contributed by atoms with Crippen LogP contribution in [0.4, 0.5) is 0 Å². The Hall–Kier alpha value is -7.57. The number of allylic oxidation sites excluding steroid dienone is 1. The molecule has 266 valence electrons. The highest BCUT2D eigenvalue weighted by atomic mass is 16.3. The molecule has 0 radical (unpaired) electrons. The van der Waals surface area contributed by atoms with Gasteiger partial charge in [-0.15, -0.1) is 0 Å². The van der Waals surface area contributed by atoms with Crippen molar-refractivity contribution >= 4 is 55.3 Å². The second kappa shape index (κ2) is 14.0. The van der Waals surface area contributed by atoms with Crippen molar-refractivity contribution in [2.24, 2.45) is 10.7 Å². The molecule has 10 aromatic rings. The van der Waals surface area contributed by atoms with Crippen LogP contribution in [0.3, 0.4) is 0 Å². The zero-order valence-corrected chi connectivity index (χ0v) is 30.4. The normalized spacial score (nSPS) is 12.3. The third-order valence-electron chi connectivity index (χ3n) is 10.3. The average molecular weight is 722 g/mol. The minimum atomic E-state index is 0.260. The van der Waals surface area contributed by atoms with Gasteiger partial charge < -0.3 is 14.7 Å². The van der Waals surface area contributed by atoms with Crippen LogP contribution in [0, 0.1) is 0 Å². The van der Waals surface area contributed by atoms with Crippen molar-refractivity contribution < 1.29 is 4.42 Å². The second-order valence-electron chi connectivity index (χ2n) is 13.8. The third kappa shape index (κ3) is 5.99. The molecule has 0 saturated carbocycles. The van der Waals surface area contributed by atoms with Gasteiger partial charge in [-0.05, 0) is 70.8 Å². The van der Waals surface area contributed by atoms with E-state index in [4.69, 9.17) is 25.1 Å². The van der Waals surface area contributed by atoms with Gasteiger partial charge in [0.2, 0.25) is 0 Å². The van der Waals surface area contributed by atoms with Crippen LogP contribution >= 0.6 is 0 Å². The lowest BCUT2D eigenvalue weighted by molar-refractivity contribution is 0.657. The molecule has 0 aliphatic carbocycles. The van der Waals surface area contributed by atoms with Gasteiger partial charge in [-0.3, -0.25) is 4.99 Å². The summed E-state index contributed by atoms with van der Waals surface area (Å²) in [4.78, 5) is 15.4. The third-order valence-corrected chi connectivity index (χ3v) is 10.3. The molecule has 7 aromatic carbocycles. The summed E-state index contributed by atoms with van der Waals surface area (Å²) in [7, 11) is 0. The van der Waals surface area contributed by atoms with E-state index >= 15 is 0 Å². The summed E-state index contributed by atoms with van der Waals surface area (Å²) in [6.45, 7) is 0.260. The molecule has 0 aliphatic heterocycles. The Morgan fingerprint density at radius 1 is 0.571 bits per heavy atom. The summed E-state index contributed by atoms with van der Waals surface area (Å²) < 4.78 is 8.93. The number of para-hydroxylation sites is 2. The van der Waals surface area contributed by atoms with Crippen LogP contribution in [0.5, 0.6) is 0 Å². The van der Waals surface area contributed by atoms with Crippen molar-refractivity contribution in [3.05, 3.63) is 205 Å². The summed E-state index contributed by atoms with van der Waals surface area (Å²) in [5.41, 5.74) is 19.3. The Bertz CT molecular complexity index is 3090. The van der Waals surface area contributed by atoms with Crippen LogP contribution in [0.1, 0.15) is 16.8 Å². The molecule has 0 amide bonds. The Morgan fingerprint density at radius 3 is 1.93 bits per heavy atom. The summed E-state index contributed by atoms with van der Waals surface area (Å²) in [6, 6.07) is 62.3. The number of hydrogen-bond acceptors (Lipinski definition) is 5. The number of nitrogens with zero attached hydrogens (tertiary/aromatic N) is 4. The van der Waals surface area contributed by atoms with E-state index in [1.165, 1.54) is 16.3 Å². The minimum Gasteiger partial charge on any atom is -0.452 e. The van der Waals surface area contributed by atoms with Crippen LogP contribution in [-0.4, -0.2) is 20.2 Å². The number of furan rings is 1. The molecule has 0 saturated heterocycles. The van der Waals surface area contributed by atoms with Crippen LogP contribution in [-0.2, 0) is 6.54 Å². The highest BCUT2D eigenvalue weighted by Gasteiger charge is 2.19. The van der Waals surface area contributed by atoms with E-state index in [0.29, 0.717) is 22.8 Å². The lowest BCUT2D eigenvalue weighted by Crippen LogP contribution is -2.05. The first-order chi connectivity index (χ1) is 27.7. The van der Waals surface area contributed by atoms with E-state index in [9.17, 15) is 0 Å². The molecule has 0 atom stereocenters. The highest BCUT2D eigenvalue weighted by Crippen LogP contribution is 2.38. The van der Waals surface area contributed by atoms with Crippen molar-refractivity contribution in [2.75, 3.05) is 0 Å². The smallest absolute Gasteiger partial charge is 0.177 e. The van der Waals surface area contributed by atoms with E-state index in [0.717, 1.165) is 61.2 Å². The van der Waals surface area contributed by atoms with E-state index in [2.05, 4.69) is 89.5 Å². The number of aliphatic imine (C=N–C) groups is 1. The first-order valence-electron chi connectivity index (χ1n) is 18.7. The predicted octanol–water partition coefficient (Wildman–Crippen LogP) is 11.8. The Labute approximate surface area is 323 Å². The highest BCUT2D eigenvalue weighted by molar-refractivity contribution is 6.13. The number of rotatable bonds is 8. The van der Waals surface area contributed by atoms with Crippen LogP contribution < -0.4 is 5.73 Å². The molecule has 6 nitrogen and oxygen atoms in total. The van der Waals surface area contributed by atoms with Gasteiger partial charge in [-0.1, -0.05) is 140 Å².